The van der Waals surface area contributed by atoms with E-state index in [1.165, 1.54) is 24.3 Å². The predicted octanol–water partition coefficient (Wildman–Crippen LogP) is 4.46. The van der Waals surface area contributed by atoms with Crippen LogP contribution in [0.4, 0.5) is 10.1 Å². The molecule has 30 heavy (non-hydrogen) atoms. The van der Waals surface area contributed by atoms with E-state index in [0.29, 0.717) is 28.2 Å². The zero-order valence-corrected chi connectivity index (χ0v) is 15.5. The molecule has 2 aromatic heterocycles. The Morgan fingerprint density at radius 3 is 2.60 bits per heavy atom. The zero-order chi connectivity index (χ0) is 20.5. The van der Waals surface area contributed by atoms with Crippen molar-refractivity contribution >= 4 is 28.3 Å². The summed E-state index contributed by atoms with van der Waals surface area (Å²) in [6.07, 6.45) is 1.59. The van der Waals surface area contributed by atoms with Crippen LogP contribution in [-0.2, 0) is 0 Å². The monoisotopic (exact) mass is 399 g/mol. The Labute approximate surface area is 169 Å². The SMILES string of the molecule is O=C(Nc1ccccc1Oc1nc2ccccc2n2cnnc12)c1ccc(F)cc1. The summed E-state index contributed by atoms with van der Waals surface area (Å²) in [7, 11) is 0. The van der Waals surface area contributed by atoms with E-state index in [1.54, 1.807) is 35.0 Å². The molecule has 1 amide bonds. The van der Waals surface area contributed by atoms with Gasteiger partial charge in [-0.15, -0.1) is 10.2 Å². The lowest BCUT2D eigenvalue weighted by atomic mass is 10.2. The summed E-state index contributed by atoms with van der Waals surface area (Å²) in [6.45, 7) is 0. The van der Waals surface area contributed by atoms with Crippen molar-refractivity contribution in [3.8, 4) is 11.6 Å². The van der Waals surface area contributed by atoms with Gasteiger partial charge in [-0.25, -0.2) is 9.37 Å². The molecular weight excluding hydrogens is 385 g/mol. The second-order valence-corrected chi connectivity index (χ2v) is 6.49. The second kappa shape index (κ2) is 7.25. The Bertz CT molecular complexity index is 1380. The van der Waals surface area contributed by atoms with Gasteiger partial charge in [0.25, 0.3) is 11.8 Å². The van der Waals surface area contributed by atoms with E-state index in [9.17, 15) is 9.18 Å². The van der Waals surface area contributed by atoms with E-state index in [0.717, 1.165) is 5.52 Å². The second-order valence-electron chi connectivity index (χ2n) is 6.49. The molecule has 0 aliphatic rings. The van der Waals surface area contributed by atoms with Crippen LogP contribution < -0.4 is 10.1 Å². The van der Waals surface area contributed by atoms with Crippen LogP contribution in [0.15, 0.2) is 79.1 Å². The summed E-state index contributed by atoms with van der Waals surface area (Å²) in [5.74, 6) is -0.143. The molecule has 5 rings (SSSR count). The number of hydrogen-bond acceptors (Lipinski definition) is 5. The largest absolute Gasteiger partial charge is 0.434 e. The van der Waals surface area contributed by atoms with E-state index >= 15 is 0 Å². The summed E-state index contributed by atoms with van der Waals surface area (Å²) in [5, 5.41) is 10.9. The van der Waals surface area contributed by atoms with Crippen molar-refractivity contribution in [2.24, 2.45) is 0 Å². The van der Waals surface area contributed by atoms with Gasteiger partial charge in [0, 0.05) is 5.56 Å². The molecule has 0 aliphatic heterocycles. The summed E-state index contributed by atoms with van der Waals surface area (Å²) in [6, 6.07) is 19.8. The predicted molar refractivity (Wildman–Crippen MR) is 109 cm³/mol. The van der Waals surface area contributed by atoms with Crippen LogP contribution >= 0.6 is 0 Å². The van der Waals surface area contributed by atoms with Crippen molar-refractivity contribution in [2.45, 2.75) is 0 Å². The number of carbonyl (C=O) groups excluding carboxylic acids is 1. The average Bonchev–Trinajstić information content (AvgIpc) is 3.26. The van der Waals surface area contributed by atoms with E-state index < -0.39 is 5.82 Å². The molecule has 0 saturated heterocycles. The molecule has 0 saturated carbocycles. The number of amides is 1. The Balaban J connectivity index is 1.51. The molecule has 0 unspecified atom stereocenters. The van der Waals surface area contributed by atoms with Gasteiger partial charge in [-0.3, -0.25) is 9.20 Å². The van der Waals surface area contributed by atoms with Crippen molar-refractivity contribution in [1.29, 1.82) is 0 Å². The summed E-state index contributed by atoms with van der Waals surface area (Å²) >= 11 is 0. The van der Waals surface area contributed by atoms with Gasteiger partial charge in [-0.05, 0) is 48.5 Å². The molecule has 8 heteroatoms. The summed E-state index contributed by atoms with van der Waals surface area (Å²) in [4.78, 5) is 17.1. The van der Waals surface area contributed by atoms with Crippen molar-refractivity contribution < 1.29 is 13.9 Å². The third kappa shape index (κ3) is 3.20. The molecule has 0 bridgehead atoms. The Hall–Kier alpha value is -4.33. The van der Waals surface area contributed by atoms with Crippen molar-refractivity contribution in [2.75, 3.05) is 5.32 Å². The molecule has 1 N–H and O–H groups in total. The van der Waals surface area contributed by atoms with Gasteiger partial charge in [-0.2, -0.15) is 0 Å². The molecule has 0 aliphatic carbocycles. The van der Waals surface area contributed by atoms with Crippen molar-refractivity contribution in [3.05, 3.63) is 90.5 Å². The quantitative estimate of drug-likeness (QED) is 0.483. The molecule has 0 atom stereocenters. The van der Waals surface area contributed by atoms with E-state index in [4.69, 9.17) is 4.74 Å². The number of halogens is 1. The summed E-state index contributed by atoms with van der Waals surface area (Å²) in [5.41, 5.74) is 2.79. The Kier molecular flexibility index (Phi) is 4.29. The fourth-order valence-electron chi connectivity index (χ4n) is 3.11. The highest BCUT2D eigenvalue weighted by Gasteiger charge is 2.15. The van der Waals surface area contributed by atoms with Gasteiger partial charge in [-0.1, -0.05) is 24.3 Å². The first kappa shape index (κ1) is 17.7. The average molecular weight is 399 g/mol. The molecular formula is C22H14FN5O2. The first-order valence-corrected chi connectivity index (χ1v) is 9.11. The first-order chi connectivity index (χ1) is 14.7. The van der Waals surface area contributed by atoms with Crippen LogP contribution in [0.2, 0.25) is 0 Å². The third-order valence-corrected chi connectivity index (χ3v) is 4.55. The van der Waals surface area contributed by atoms with E-state index in [1.807, 2.05) is 24.3 Å². The standard InChI is InChI=1S/C22H14FN5O2/c23-15-11-9-14(10-12-15)21(29)25-17-6-2-4-8-19(17)30-22-20-27-24-13-28(20)18-7-3-1-5-16(18)26-22/h1-13H,(H,25,29). The van der Waals surface area contributed by atoms with Crippen LogP contribution in [0.5, 0.6) is 11.6 Å². The zero-order valence-electron chi connectivity index (χ0n) is 15.5. The maximum atomic E-state index is 13.1. The van der Waals surface area contributed by atoms with Crippen LogP contribution in [0, 0.1) is 5.82 Å². The number of hydrogen-bond donors (Lipinski definition) is 1. The minimum absolute atomic E-state index is 0.259. The minimum Gasteiger partial charge on any atom is -0.434 e. The number of fused-ring (bicyclic) bond motifs is 3. The summed E-state index contributed by atoms with van der Waals surface area (Å²) < 4.78 is 20.9. The lowest BCUT2D eigenvalue weighted by Gasteiger charge is -2.13. The van der Waals surface area contributed by atoms with Gasteiger partial charge in [0.2, 0.25) is 5.65 Å². The maximum Gasteiger partial charge on any atom is 0.266 e. The number of benzene rings is 3. The van der Waals surface area contributed by atoms with E-state index in [2.05, 4.69) is 20.5 Å². The molecule has 0 spiro atoms. The molecule has 5 aromatic rings. The molecule has 3 aromatic carbocycles. The van der Waals surface area contributed by atoms with Gasteiger partial charge >= 0.3 is 0 Å². The molecule has 0 fully saturated rings. The number of carbonyl (C=O) groups is 1. The molecule has 0 radical (unpaired) electrons. The fraction of sp³-hybridized carbons (Fsp3) is 0. The molecule has 2 heterocycles. The van der Waals surface area contributed by atoms with Crippen LogP contribution in [0.3, 0.4) is 0 Å². The number of para-hydroxylation sites is 4. The smallest absolute Gasteiger partial charge is 0.266 e. The van der Waals surface area contributed by atoms with Crippen LogP contribution in [0.25, 0.3) is 16.7 Å². The number of ether oxygens (including phenoxy) is 1. The Morgan fingerprint density at radius 1 is 0.967 bits per heavy atom. The molecule has 7 nitrogen and oxygen atoms in total. The number of anilines is 1. The van der Waals surface area contributed by atoms with Gasteiger partial charge < -0.3 is 10.1 Å². The third-order valence-electron chi connectivity index (χ3n) is 4.55. The number of nitrogens with one attached hydrogen (secondary N) is 1. The highest BCUT2D eigenvalue weighted by molar-refractivity contribution is 6.05. The number of rotatable bonds is 4. The lowest BCUT2D eigenvalue weighted by molar-refractivity contribution is 0.102. The van der Waals surface area contributed by atoms with Gasteiger partial charge in [0.15, 0.2) is 5.75 Å². The topological polar surface area (TPSA) is 81.4 Å². The van der Waals surface area contributed by atoms with Gasteiger partial charge in [0.05, 0.1) is 16.7 Å². The van der Waals surface area contributed by atoms with Crippen molar-refractivity contribution in [3.63, 3.8) is 0 Å². The minimum atomic E-state index is -0.407. The van der Waals surface area contributed by atoms with E-state index in [-0.39, 0.29) is 11.8 Å². The highest BCUT2D eigenvalue weighted by atomic mass is 19.1. The number of nitrogens with zero attached hydrogens (tertiary/aromatic N) is 4. The van der Waals surface area contributed by atoms with Crippen molar-refractivity contribution in [1.82, 2.24) is 19.6 Å². The van der Waals surface area contributed by atoms with Crippen LogP contribution in [-0.4, -0.2) is 25.5 Å². The Morgan fingerprint density at radius 2 is 1.73 bits per heavy atom. The first-order valence-electron chi connectivity index (χ1n) is 9.11. The fourth-order valence-corrected chi connectivity index (χ4v) is 3.11. The van der Waals surface area contributed by atoms with Crippen LogP contribution in [0.1, 0.15) is 10.4 Å². The number of aromatic nitrogens is 4. The van der Waals surface area contributed by atoms with Gasteiger partial charge in [0.1, 0.15) is 12.1 Å². The lowest BCUT2D eigenvalue weighted by Crippen LogP contribution is -2.12. The molecule has 146 valence electrons. The normalized spacial score (nSPS) is 11.0. The maximum absolute atomic E-state index is 13.1. The highest BCUT2D eigenvalue weighted by Crippen LogP contribution is 2.31.